The fraction of sp³-hybridized carbons (Fsp3) is 0.968. The van der Waals surface area contributed by atoms with Gasteiger partial charge in [0.2, 0.25) is 11.8 Å². The number of carbonyl (C=O) groups excluding carboxylic acids is 2. The minimum Gasteiger partial charge on any atom is -0.394 e. The zero-order chi connectivity index (χ0) is 62.5. The van der Waals surface area contributed by atoms with Crippen molar-refractivity contribution in [3.63, 3.8) is 0 Å². The Balaban J connectivity index is 1.70. The molecule has 0 aliphatic carbocycles. The van der Waals surface area contributed by atoms with E-state index < -0.39 is 155 Å². The first-order valence-corrected chi connectivity index (χ1v) is 33.3. The third-order valence-electron chi connectivity index (χ3n) is 17.2. The molecule has 85 heavy (non-hydrogen) atoms. The van der Waals surface area contributed by atoms with Gasteiger partial charge < -0.3 is 100 Å². The lowest BCUT2D eigenvalue weighted by molar-refractivity contribution is -0.387. The number of hydrogen-bond donors (Lipinski definition) is 14. The van der Waals surface area contributed by atoms with Gasteiger partial charge in [-0.05, 0) is 18.8 Å². The summed E-state index contributed by atoms with van der Waals surface area (Å²) < 4.78 is 36.0. The molecule has 22 heteroatoms. The van der Waals surface area contributed by atoms with Crippen molar-refractivity contribution in [2.45, 2.75) is 356 Å². The minimum atomic E-state index is -2.03. The molecule has 0 bridgehead atoms. The zero-order valence-electron chi connectivity index (χ0n) is 52.3. The second-order valence-electron chi connectivity index (χ2n) is 25.1. The van der Waals surface area contributed by atoms with Crippen LogP contribution < -0.4 is 10.6 Å². The number of rotatable bonds is 49. The fourth-order valence-corrected chi connectivity index (χ4v) is 11.7. The van der Waals surface area contributed by atoms with Gasteiger partial charge in [-0.15, -0.1) is 0 Å². The van der Waals surface area contributed by atoms with E-state index in [1.807, 2.05) is 0 Å². The van der Waals surface area contributed by atoms with Crippen LogP contribution in [0, 0.1) is 5.92 Å². The first-order valence-electron chi connectivity index (χ1n) is 33.3. The van der Waals surface area contributed by atoms with Crippen molar-refractivity contribution in [1.82, 2.24) is 10.6 Å². The van der Waals surface area contributed by atoms with Crippen LogP contribution in [-0.2, 0) is 38.0 Å². The maximum atomic E-state index is 13.8. The highest BCUT2D eigenvalue weighted by Gasteiger charge is 2.55. The van der Waals surface area contributed by atoms with Crippen molar-refractivity contribution >= 4 is 11.8 Å². The zero-order valence-corrected chi connectivity index (χ0v) is 52.3. The van der Waals surface area contributed by atoms with Crippen LogP contribution in [0.4, 0.5) is 0 Å². The van der Waals surface area contributed by atoms with Crippen molar-refractivity contribution < 1.29 is 99.3 Å². The number of carbonyl (C=O) groups is 2. The first-order chi connectivity index (χ1) is 40.9. The van der Waals surface area contributed by atoms with Gasteiger partial charge in [0, 0.05) is 6.92 Å². The normalized spacial score (nSPS) is 29.6. The summed E-state index contributed by atoms with van der Waals surface area (Å²) in [7, 11) is 0. The monoisotopic (exact) mass is 1220 g/mol. The van der Waals surface area contributed by atoms with Crippen LogP contribution in [0.25, 0.3) is 0 Å². The van der Waals surface area contributed by atoms with Crippen LogP contribution in [0.1, 0.15) is 240 Å². The standard InChI is InChI=1S/C63H120N2O20/c1-5-6-7-8-9-10-11-12-13-14-15-16-17-18-19-20-21-24-28-31-34-37-46(71)60(79)65-44(51(72)45(70)36-33-30-27-25-22-23-26-29-32-35-42(2)3)41-80-63-59(85-62-57(78)56(77)53(74)48(39-67)82-62)58(54(75)49(40-68)83-63)84-61-50(64-43(4)69)55(76)52(73)47(38-66)81-61/h42,44-59,61-63,66-68,70-78H,5-41H2,1-4H3,(H,64,69)(H,65,79)/t44-,45+,46+,47+,48+,49+,50+,51-,52-,53+,54-,55+,56-,57+,58-,59+,61+,62+,63-/m0/s1. The Morgan fingerprint density at radius 3 is 1.29 bits per heavy atom. The van der Waals surface area contributed by atoms with E-state index >= 15 is 0 Å². The quantitative estimate of drug-likeness (QED) is 0.0367. The lowest BCUT2D eigenvalue weighted by atomic mass is 9.95. The Kier molecular flexibility index (Phi) is 41.4. The van der Waals surface area contributed by atoms with Crippen LogP contribution in [0.5, 0.6) is 0 Å². The number of amides is 2. The molecule has 0 aromatic rings. The molecule has 0 radical (unpaired) electrons. The average molecular weight is 1230 g/mol. The number of unbranched alkanes of at least 4 members (excludes halogenated alkanes) is 28. The molecular formula is C63H120N2O20. The number of ether oxygens (including phenoxy) is 6. The second kappa shape index (κ2) is 45.5. The van der Waals surface area contributed by atoms with Gasteiger partial charge in [0.1, 0.15) is 85.4 Å². The van der Waals surface area contributed by atoms with Gasteiger partial charge in [0.15, 0.2) is 18.9 Å². The molecule has 3 heterocycles. The third kappa shape index (κ3) is 29.4. The van der Waals surface area contributed by atoms with Crippen molar-refractivity contribution in [2.24, 2.45) is 5.92 Å². The van der Waals surface area contributed by atoms with Crippen LogP contribution in [0.2, 0.25) is 0 Å². The Hall–Kier alpha value is -1.78. The van der Waals surface area contributed by atoms with Gasteiger partial charge in [-0.1, -0.05) is 220 Å². The molecule has 0 spiro atoms. The average Bonchev–Trinajstić information content (AvgIpc) is 3.68. The predicted molar refractivity (Wildman–Crippen MR) is 319 cm³/mol. The van der Waals surface area contributed by atoms with Crippen molar-refractivity contribution in [1.29, 1.82) is 0 Å². The maximum absolute atomic E-state index is 13.8. The highest BCUT2D eigenvalue weighted by Crippen LogP contribution is 2.34. The Morgan fingerprint density at radius 2 is 0.847 bits per heavy atom. The van der Waals surface area contributed by atoms with E-state index in [4.69, 9.17) is 28.4 Å². The van der Waals surface area contributed by atoms with E-state index in [0.717, 1.165) is 64.7 Å². The Labute approximate surface area is 508 Å². The molecule has 3 saturated heterocycles. The first kappa shape index (κ1) is 77.5. The van der Waals surface area contributed by atoms with E-state index in [1.54, 1.807) is 0 Å². The Morgan fingerprint density at radius 1 is 0.459 bits per heavy atom. The number of aliphatic hydroxyl groups is 12. The summed E-state index contributed by atoms with van der Waals surface area (Å²) in [5.41, 5.74) is 0. The van der Waals surface area contributed by atoms with Crippen molar-refractivity contribution in [2.75, 3.05) is 26.4 Å². The van der Waals surface area contributed by atoms with Gasteiger partial charge >= 0.3 is 0 Å². The molecular weight excluding hydrogens is 1100 g/mol. The lowest BCUT2D eigenvalue weighted by Crippen LogP contribution is -2.69. The summed E-state index contributed by atoms with van der Waals surface area (Å²) >= 11 is 0. The number of aliphatic hydroxyl groups excluding tert-OH is 12. The molecule has 19 atom stereocenters. The van der Waals surface area contributed by atoms with E-state index in [0.29, 0.717) is 18.8 Å². The molecule has 3 rings (SSSR count). The largest absolute Gasteiger partial charge is 0.394 e. The molecule has 14 N–H and O–H groups in total. The second-order valence-corrected chi connectivity index (χ2v) is 25.1. The summed E-state index contributed by atoms with van der Waals surface area (Å²) in [6.45, 7) is 4.53. The number of hydrogen-bond acceptors (Lipinski definition) is 20. The summed E-state index contributed by atoms with van der Waals surface area (Å²) in [6.07, 6.45) is 6.58. The molecule has 22 nitrogen and oxygen atoms in total. The van der Waals surface area contributed by atoms with Gasteiger partial charge in [-0.25, -0.2) is 0 Å². The summed E-state index contributed by atoms with van der Waals surface area (Å²) in [5.74, 6) is -0.855. The van der Waals surface area contributed by atoms with Crippen LogP contribution in [0.3, 0.4) is 0 Å². The van der Waals surface area contributed by atoms with E-state index in [-0.39, 0.29) is 12.8 Å². The van der Waals surface area contributed by atoms with Gasteiger partial charge in [-0.3, -0.25) is 9.59 Å². The van der Waals surface area contributed by atoms with E-state index in [1.165, 1.54) is 128 Å². The molecule has 3 aliphatic heterocycles. The SMILES string of the molecule is CCCCCCCCCCCCCCCCCCCCCCC[C@@H](O)C(=O)N[C@@H](CO[C@H]1O[C@H](CO)[C@H](O)[C@H](O[C@H]2O[C@H](CO)[C@H](O)[C@H](O)[C@H]2NC(C)=O)[C@H]1O[C@H]1O[C@H](CO)[C@@H](O)[C@H](O)[C@H]1O)[C@H](O)[C@H](O)CCCCCCCCCCCC(C)C. The van der Waals surface area contributed by atoms with Crippen molar-refractivity contribution in [3.05, 3.63) is 0 Å². The van der Waals surface area contributed by atoms with Gasteiger partial charge in [0.05, 0.1) is 38.6 Å². The third-order valence-corrected chi connectivity index (χ3v) is 17.2. The summed E-state index contributed by atoms with van der Waals surface area (Å²) in [5, 5.41) is 136. The molecule has 3 fully saturated rings. The van der Waals surface area contributed by atoms with Crippen LogP contribution >= 0.6 is 0 Å². The number of nitrogens with one attached hydrogen (secondary N) is 2. The van der Waals surface area contributed by atoms with Crippen molar-refractivity contribution in [3.8, 4) is 0 Å². The fourth-order valence-electron chi connectivity index (χ4n) is 11.7. The smallest absolute Gasteiger partial charge is 0.249 e. The Bertz CT molecular complexity index is 1680. The maximum Gasteiger partial charge on any atom is 0.249 e. The highest BCUT2D eigenvalue weighted by atomic mass is 16.8. The summed E-state index contributed by atoms with van der Waals surface area (Å²) in [6, 6.07) is -3.01. The molecule has 0 unspecified atom stereocenters. The molecule has 0 aromatic carbocycles. The van der Waals surface area contributed by atoms with E-state index in [9.17, 15) is 70.9 Å². The molecule has 0 aromatic heterocycles. The van der Waals surface area contributed by atoms with Crippen LogP contribution in [0.15, 0.2) is 0 Å². The molecule has 502 valence electrons. The van der Waals surface area contributed by atoms with Gasteiger partial charge in [0.25, 0.3) is 0 Å². The topological polar surface area (TPSA) is 356 Å². The molecule has 3 aliphatic rings. The lowest BCUT2D eigenvalue weighted by Gasteiger charge is -2.49. The van der Waals surface area contributed by atoms with E-state index in [2.05, 4.69) is 31.4 Å². The highest BCUT2D eigenvalue weighted by molar-refractivity contribution is 5.80. The van der Waals surface area contributed by atoms with Gasteiger partial charge in [-0.2, -0.15) is 0 Å². The molecule has 2 amide bonds. The summed E-state index contributed by atoms with van der Waals surface area (Å²) in [4.78, 5) is 26.2. The minimum absolute atomic E-state index is 0.121. The predicted octanol–water partition coefficient (Wildman–Crippen LogP) is 4.71. The van der Waals surface area contributed by atoms with Crippen LogP contribution in [-0.4, -0.2) is 216 Å². The molecule has 0 saturated carbocycles.